The summed E-state index contributed by atoms with van der Waals surface area (Å²) >= 11 is 0. The number of anilines is 1. The van der Waals surface area contributed by atoms with E-state index in [1.165, 1.54) is 5.56 Å². The van der Waals surface area contributed by atoms with E-state index in [1.807, 2.05) is 6.07 Å². The molecule has 3 N–H and O–H groups in total. The van der Waals surface area contributed by atoms with Crippen LogP contribution in [-0.2, 0) is 5.54 Å². The summed E-state index contributed by atoms with van der Waals surface area (Å²) in [5, 5.41) is 3.42. The second-order valence-electron chi connectivity index (χ2n) is 4.89. The van der Waals surface area contributed by atoms with Crippen molar-refractivity contribution in [3.63, 3.8) is 0 Å². The molecule has 4 heteroatoms. The molecule has 4 nitrogen and oxygen atoms in total. The van der Waals surface area contributed by atoms with E-state index in [4.69, 9.17) is 5.73 Å². The maximum atomic E-state index is 5.60. The largest absolute Gasteiger partial charge is 0.399 e. The van der Waals surface area contributed by atoms with E-state index in [0.29, 0.717) is 11.6 Å². The fourth-order valence-corrected chi connectivity index (χ4v) is 2.14. The average molecular weight is 252 g/mol. The molecule has 0 aliphatic heterocycles. The quantitative estimate of drug-likeness (QED) is 0.877. The predicted molar refractivity (Wildman–Crippen MR) is 76.2 cm³/mol. The lowest BCUT2D eigenvalue weighted by molar-refractivity contribution is 0.789. The van der Waals surface area contributed by atoms with Crippen molar-refractivity contribution >= 4 is 11.6 Å². The van der Waals surface area contributed by atoms with Gasteiger partial charge in [0.15, 0.2) is 0 Å². The molecule has 1 aliphatic rings. The van der Waals surface area contributed by atoms with Crippen LogP contribution in [0.25, 0.3) is 5.70 Å². The van der Waals surface area contributed by atoms with E-state index in [1.54, 1.807) is 12.4 Å². The van der Waals surface area contributed by atoms with Crippen LogP contribution < -0.4 is 11.1 Å². The lowest BCUT2D eigenvalue weighted by Gasteiger charge is -2.17. The minimum atomic E-state index is 0.00248. The number of rotatable bonds is 4. The summed E-state index contributed by atoms with van der Waals surface area (Å²) in [5.74, 6) is 0.631. The molecule has 0 unspecified atom stereocenters. The maximum Gasteiger partial charge on any atom is 0.223 e. The summed E-state index contributed by atoms with van der Waals surface area (Å²) in [6.45, 7) is 3.67. The number of hydrogen-bond donors (Lipinski definition) is 2. The zero-order chi connectivity index (χ0) is 13.3. The van der Waals surface area contributed by atoms with Crippen LogP contribution in [0.1, 0.15) is 24.0 Å². The van der Waals surface area contributed by atoms with Gasteiger partial charge in [-0.15, -0.1) is 0 Å². The van der Waals surface area contributed by atoms with Gasteiger partial charge in [0.2, 0.25) is 5.95 Å². The van der Waals surface area contributed by atoms with Crippen molar-refractivity contribution in [3.05, 3.63) is 60.4 Å². The molecular formula is C15H16N4. The van der Waals surface area contributed by atoms with E-state index in [0.717, 1.165) is 18.4 Å². The van der Waals surface area contributed by atoms with Gasteiger partial charge in [0.1, 0.15) is 0 Å². The lowest BCUT2D eigenvalue weighted by atomic mass is 10.1. The first-order valence-corrected chi connectivity index (χ1v) is 6.30. The number of aromatic nitrogens is 2. The highest BCUT2D eigenvalue weighted by Crippen LogP contribution is 2.47. The third-order valence-electron chi connectivity index (χ3n) is 3.45. The molecule has 0 amide bonds. The molecule has 1 fully saturated rings. The van der Waals surface area contributed by atoms with Gasteiger partial charge in [-0.1, -0.05) is 36.9 Å². The van der Waals surface area contributed by atoms with Crippen LogP contribution >= 0.6 is 0 Å². The fourth-order valence-electron chi connectivity index (χ4n) is 2.14. The highest BCUT2D eigenvalue weighted by molar-refractivity contribution is 5.58. The first-order valence-electron chi connectivity index (χ1n) is 6.30. The van der Waals surface area contributed by atoms with Gasteiger partial charge in [-0.2, -0.15) is 0 Å². The van der Waals surface area contributed by atoms with E-state index in [-0.39, 0.29) is 5.54 Å². The molecule has 0 spiro atoms. The normalized spacial score (nSPS) is 15.8. The van der Waals surface area contributed by atoms with Crippen LogP contribution in [0.4, 0.5) is 5.95 Å². The van der Waals surface area contributed by atoms with Crippen molar-refractivity contribution in [1.29, 1.82) is 0 Å². The first-order chi connectivity index (χ1) is 9.20. The molecule has 0 radical (unpaired) electrons. The van der Waals surface area contributed by atoms with Gasteiger partial charge in [0.25, 0.3) is 0 Å². The Morgan fingerprint density at radius 2 is 1.79 bits per heavy atom. The molecule has 3 rings (SSSR count). The molecule has 2 aromatic rings. The Hall–Kier alpha value is -2.36. The van der Waals surface area contributed by atoms with Crippen LogP contribution in [0.5, 0.6) is 0 Å². The molecule has 96 valence electrons. The van der Waals surface area contributed by atoms with E-state index in [2.05, 4.69) is 46.1 Å². The Labute approximate surface area is 112 Å². The van der Waals surface area contributed by atoms with E-state index in [9.17, 15) is 0 Å². The number of nitrogens with zero attached hydrogens (tertiary/aromatic N) is 2. The minimum absolute atomic E-state index is 0.00248. The van der Waals surface area contributed by atoms with Crippen LogP contribution in [0, 0.1) is 0 Å². The Bertz CT molecular complexity index is 585. The van der Waals surface area contributed by atoms with Crippen molar-refractivity contribution in [2.24, 2.45) is 5.73 Å². The molecule has 0 bridgehead atoms. The minimum Gasteiger partial charge on any atom is -0.399 e. The van der Waals surface area contributed by atoms with Gasteiger partial charge in [0.05, 0.1) is 5.54 Å². The zero-order valence-corrected chi connectivity index (χ0v) is 10.6. The first kappa shape index (κ1) is 11.7. The molecule has 0 atom stereocenters. The summed E-state index contributed by atoms with van der Waals surface area (Å²) in [7, 11) is 0. The third kappa shape index (κ3) is 2.29. The summed E-state index contributed by atoms with van der Waals surface area (Å²) in [6, 6.07) is 10.4. The number of nitrogens with one attached hydrogen (secondary N) is 1. The van der Waals surface area contributed by atoms with Gasteiger partial charge in [-0.05, 0) is 18.4 Å². The number of hydrogen-bond acceptors (Lipinski definition) is 4. The Morgan fingerprint density at radius 1 is 1.16 bits per heavy atom. The van der Waals surface area contributed by atoms with Gasteiger partial charge in [-0.25, -0.2) is 9.97 Å². The predicted octanol–water partition coefficient (Wildman–Crippen LogP) is 2.51. The average Bonchev–Trinajstić information content (AvgIpc) is 3.21. The molecule has 1 aromatic carbocycles. The van der Waals surface area contributed by atoms with E-state index >= 15 is 0 Å². The topological polar surface area (TPSA) is 63.8 Å². The van der Waals surface area contributed by atoms with Gasteiger partial charge in [0, 0.05) is 23.7 Å². The van der Waals surface area contributed by atoms with Crippen LogP contribution in [0.15, 0.2) is 49.3 Å². The van der Waals surface area contributed by atoms with Crippen LogP contribution in [0.2, 0.25) is 0 Å². The summed E-state index contributed by atoms with van der Waals surface area (Å²) in [6.07, 6.45) is 5.59. The third-order valence-corrected chi connectivity index (χ3v) is 3.45. The molecule has 0 saturated heterocycles. The highest BCUT2D eigenvalue weighted by Gasteiger charge is 2.44. The molecule has 19 heavy (non-hydrogen) atoms. The smallest absolute Gasteiger partial charge is 0.223 e. The summed E-state index contributed by atoms with van der Waals surface area (Å²) < 4.78 is 0. The van der Waals surface area contributed by atoms with Crippen molar-refractivity contribution in [2.45, 2.75) is 18.4 Å². The van der Waals surface area contributed by atoms with Crippen molar-refractivity contribution in [2.75, 3.05) is 5.32 Å². The molecule has 1 aliphatic carbocycles. The van der Waals surface area contributed by atoms with Gasteiger partial charge >= 0.3 is 0 Å². The second-order valence-corrected chi connectivity index (χ2v) is 4.89. The maximum absolute atomic E-state index is 5.60. The summed E-state index contributed by atoms with van der Waals surface area (Å²) in [5.41, 5.74) is 8.13. The van der Waals surface area contributed by atoms with Crippen molar-refractivity contribution in [3.8, 4) is 0 Å². The van der Waals surface area contributed by atoms with Crippen LogP contribution in [-0.4, -0.2) is 9.97 Å². The van der Waals surface area contributed by atoms with Gasteiger partial charge < -0.3 is 11.1 Å². The SMILES string of the molecule is C=C(N)c1cnc(NC2(c3ccccc3)CC2)nc1. The fraction of sp³-hybridized carbons (Fsp3) is 0.200. The number of nitrogens with two attached hydrogens (primary N) is 1. The summed E-state index contributed by atoms with van der Waals surface area (Å²) in [4.78, 5) is 8.58. The molecule has 1 aromatic heterocycles. The number of benzene rings is 1. The lowest BCUT2D eigenvalue weighted by Crippen LogP contribution is -2.20. The van der Waals surface area contributed by atoms with Crippen LogP contribution in [0.3, 0.4) is 0 Å². The van der Waals surface area contributed by atoms with Gasteiger partial charge in [-0.3, -0.25) is 0 Å². The molecule has 1 saturated carbocycles. The Morgan fingerprint density at radius 3 is 2.32 bits per heavy atom. The Kier molecular flexibility index (Phi) is 2.71. The molecule has 1 heterocycles. The second kappa shape index (κ2) is 4.39. The van der Waals surface area contributed by atoms with Crippen molar-refractivity contribution in [1.82, 2.24) is 9.97 Å². The highest BCUT2D eigenvalue weighted by atomic mass is 15.2. The van der Waals surface area contributed by atoms with Crippen molar-refractivity contribution < 1.29 is 0 Å². The van der Waals surface area contributed by atoms with E-state index < -0.39 is 0 Å². The molecular weight excluding hydrogens is 236 g/mol. The zero-order valence-electron chi connectivity index (χ0n) is 10.6. The monoisotopic (exact) mass is 252 g/mol. The Balaban J connectivity index is 1.80. The standard InChI is InChI=1S/C15H16N4/c1-11(16)12-9-17-14(18-10-12)19-15(7-8-15)13-5-3-2-4-6-13/h2-6,9-10H,1,7-8,16H2,(H,17,18,19).